The molecule has 1 aliphatic heterocycles. The maximum Gasteiger partial charge on any atom is 0.175 e. The molecule has 0 saturated heterocycles. The minimum Gasteiger partial charge on any atom is -0.358 e. The molecule has 0 amide bonds. The van der Waals surface area contributed by atoms with Crippen LogP contribution in [-0.4, -0.2) is 32.2 Å². The van der Waals surface area contributed by atoms with Crippen molar-refractivity contribution in [1.29, 1.82) is 0 Å². The number of aromatic nitrogens is 1. The van der Waals surface area contributed by atoms with Crippen molar-refractivity contribution in [1.82, 2.24) is 10.3 Å². The molecule has 2 unspecified atom stereocenters. The standard InChI is InChI=1S/C25H28N2O2S/c1-30(28,29)21-8-10-25-23(16-21)22-14-17(7-9-24(22)27-25)13-20-15-19(11-12-26-20)18-5-3-2-4-6-18/h2-6,8,10-11,16-17,20,26-27H,7,9,12-15H2,1H3. The van der Waals surface area contributed by atoms with E-state index in [1.165, 1.54) is 35.1 Å². The van der Waals surface area contributed by atoms with E-state index in [0.29, 0.717) is 16.9 Å². The van der Waals surface area contributed by atoms with E-state index >= 15 is 0 Å². The van der Waals surface area contributed by atoms with Crippen LogP contribution in [0.15, 0.2) is 59.5 Å². The zero-order valence-electron chi connectivity index (χ0n) is 17.3. The Morgan fingerprint density at radius 2 is 1.90 bits per heavy atom. The van der Waals surface area contributed by atoms with E-state index in [1.807, 2.05) is 12.1 Å². The molecule has 5 rings (SSSR count). The van der Waals surface area contributed by atoms with E-state index in [-0.39, 0.29) is 0 Å². The van der Waals surface area contributed by atoms with Crippen molar-refractivity contribution in [2.45, 2.75) is 43.0 Å². The third-order valence-corrected chi connectivity index (χ3v) is 7.78. The van der Waals surface area contributed by atoms with Gasteiger partial charge in [0.15, 0.2) is 9.84 Å². The Kier molecular flexibility index (Phi) is 5.03. The smallest absolute Gasteiger partial charge is 0.175 e. The zero-order valence-corrected chi connectivity index (χ0v) is 18.1. The number of sulfone groups is 1. The summed E-state index contributed by atoms with van der Waals surface area (Å²) in [4.78, 5) is 3.94. The number of aromatic amines is 1. The Bertz CT molecular complexity index is 1210. The molecule has 156 valence electrons. The Balaban J connectivity index is 1.34. The number of H-pyrrole nitrogens is 1. The summed E-state index contributed by atoms with van der Waals surface area (Å²) >= 11 is 0. The molecular weight excluding hydrogens is 392 g/mol. The molecule has 0 fully saturated rings. The van der Waals surface area contributed by atoms with E-state index in [9.17, 15) is 8.42 Å². The number of nitrogens with one attached hydrogen (secondary N) is 2. The number of aryl methyl sites for hydroxylation is 1. The van der Waals surface area contributed by atoms with Gasteiger partial charge < -0.3 is 10.3 Å². The monoisotopic (exact) mass is 420 g/mol. The molecule has 5 heteroatoms. The van der Waals surface area contributed by atoms with Gasteiger partial charge in [-0.2, -0.15) is 0 Å². The highest BCUT2D eigenvalue weighted by Gasteiger charge is 2.26. The molecule has 0 radical (unpaired) electrons. The summed E-state index contributed by atoms with van der Waals surface area (Å²) in [7, 11) is -3.20. The van der Waals surface area contributed by atoms with Crippen LogP contribution in [0.5, 0.6) is 0 Å². The van der Waals surface area contributed by atoms with Crippen LogP contribution in [0.3, 0.4) is 0 Å². The summed E-state index contributed by atoms with van der Waals surface area (Å²) in [6, 6.07) is 16.7. The highest BCUT2D eigenvalue weighted by atomic mass is 32.2. The highest BCUT2D eigenvalue weighted by molar-refractivity contribution is 7.90. The number of benzene rings is 2. The van der Waals surface area contributed by atoms with E-state index in [2.05, 4.69) is 46.7 Å². The summed E-state index contributed by atoms with van der Waals surface area (Å²) in [5, 5.41) is 4.77. The normalized spacial score (nSPS) is 22.0. The molecule has 0 saturated carbocycles. The Morgan fingerprint density at radius 3 is 2.70 bits per heavy atom. The van der Waals surface area contributed by atoms with Crippen LogP contribution in [0.1, 0.15) is 36.1 Å². The first kappa shape index (κ1) is 19.6. The van der Waals surface area contributed by atoms with Gasteiger partial charge >= 0.3 is 0 Å². The topological polar surface area (TPSA) is 62.0 Å². The fraction of sp³-hybridized carbons (Fsp3) is 0.360. The molecule has 2 heterocycles. The lowest BCUT2D eigenvalue weighted by molar-refractivity contribution is 0.356. The Hall–Kier alpha value is -2.37. The molecule has 2 N–H and O–H groups in total. The fourth-order valence-corrected chi connectivity index (χ4v) is 5.77. The highest BCUT2D eigenvalue weighted by Crippen LogP contribution is 2.36. The molecule has 1 aromatic heterocycles. The van der Waals surface area contributed by atoms with Gasteiger partial charge in [0.05, 0.1) is 4.90 Å². The van der Waals surface area contributed by atoms with Crippen molar-refractivity contribution in [3.8, 4) is 0 Å². The third kappa shape index (κ3) is 3.84. The summed E-state index contributed by atoms with van der Waals surface area (Å²) in [6.45, 7) is 0.928. The van der Waals surface area contributed by atoms with Crippen molar-refractivity contribution < 1.29 is 8.42 Å². The molecule has 0 bridgehead atoms. The predicted molar refractivity (Wildman–Crippen MR) is 122 cm³/mol. The van der Waals surface area contributed by atoms with Crippen LogP contribution in [0.4, 0.5) is 0 Å². The summed E-state index contributed by atoms with van der Waals surface area (Å²) in [6.07, 6.45) is 9.06. The predicted octanol–water partition coefficient (Wildman–Crippen LogP) is 4.51. The summed E-state index contributed by atoms with van der Waals surface area (Å²) in [5.74, 6) is 0.617. The Labute approximate surface area is 178 Å². The van der Waals surface area contributed by atoms with Gasteiger partial charge in [0.25, 0.3) is 0 Å². The largest absolute Gasteiger partial charge is 0.358 e. The second-order valence-electron chi connectivity index (χ2n) is 8.81. The third-order valence-electron chi connectivity index (χ3n) is 6.67. The lowest BCUT2D eigenvalue weighted by Gasteiger charge is -2.30. The molecule has 2 aliphatic rings. The van der Waals surface area contributed by atoms with Crippen LogP contribution < -0.4 is 5.32 Å². The minimum atomic E-state index is -3.20. The van der Waals surface area contributed by atoms with Crippen molar-refractivity contribution in [3.63, 3.8) is 0 Å². The molecule has 30 heavy (non-hydrogen) atoms. The minimum absolute atomic E-state index is 0.408. The van der Waals surface area contributed by atoms with Gasteiger partial charge in [-0.25, -0.2) is 8.42 Å². The lowest BCUT2D eigenvalue weighted by Crippen LogP contribution is -2.35. The first-order valence-electron chi connectivity index (χ1n) is 10.8. The average Bonchev–Trinajstić information content (AvgIpc) is 3.11. The van der Waals surface area contributed by atoms with Gasteiger partial charge in [0, 0.05) is 35.4 Å². The van der Waals surface area contributed by atoms with Crippen molar-refractivity contribution in [3.05, 3.63) is 71.4 Å². The lowest BCUT2D eigenvalue weighted by atomic mass is 9.80. The van der Waals surface area contributed by atoms with Crippen molar-refractivity contribution >= 4 is 26.3 Å². The summed E-state index contributed by atoms with van der Waals surface area (Å²) in [5.41, 5.74) is 6.44. The van der Waals surface area contributed by atoms with E-state index in [0.717, 1.165) is 43.1 Å². The van der Waals surface area contributed by atoms with E-state index in [4.69, 9.17) is 0 Å². The number of hydrogen-bond donors (Lipinski definition) is 2. The van der Waals surface area contributed by atoms with Gasteiger partial charge in [0.2, 0.25) is 0 Å². The zero-order chi connectivity index (χ0) is 20.7. The summed E-state index contributed by atoms with van der Waals surface area (Å²) < 4.78 is 24.0. The first-order valence-corrected chi connectivity index (χ1v) is 12.7. The quantitative estimate of drug-likeness (QED) is 0.653. The second kappa shape index (κ2) is 7.71. The van der Waals surface area contributed by atoms with E-state index in [1.54, 1.807) is 6.07 Å². The maximum absolute atomic E-state index is 12.0. The average molecular weight is 421 g/mol. The second-order valence-corrected chi connectivity index (χ2v) is 10.8. The maximum atomic E-state index is 12.0. The van der Waals surface area contributed by atoms with Crippen molar-refractivity contribution in [2.75, 3.05) is 12.8 Å². The molecule has 0 spiro atoms. The Morgan fingerprint density at radius 1 is 1.07 bits per heavy atom. The number of fused-ring (bicyclic) bond motifs is 3. The molecule has 3 aromatic rings. The molecular formula is C25H28N2O2S. The van der Waals surface area contributed by atoms with Crippen LogP contribution in [0.25, 0.3) is 16.5 Å². The van der Waals surface area contributed by atoms with Crippen LogP contribution in [-0.2, 0) is 22.7 Å². The van der Waals surface area contributed by atoms with Gasteiger partial charge in [-0.15, -0.1) is 0 Å². The van der Waals surface area contributed by atoms with Crippen LogP contribution >= 0.6 is 0 Å². The van der Waals surface area contributed by atoms with Gasteiger partial charge in [-0.05, 0) is 72.9 Å². The van der Waals surface area contributed by atoms with Crippen LogP contribution in [0.2, 0.25) is 0 Å². The van der Waals surface area contributed by atoms with Gasteiger partial charge in [0.1, 0.15) is 0 Å². The van der Waals surface area contributed by atoms with E-state index < -0.39 is 9.84 Å². The van der Waals surface area contributed by atoms with Crippen molar-refractivity contribution in [2.24, 2.45) is 5.92 Å². The SMILES string of the molecule is CS(=O)(=O)c1ccc2[nH]c3c(c2c1)CC(CC1CC(c2ccccc2)=CCN1)CC3. The number of hydrogen-bond acceptors (Lipinski definition) is 3. The molecule has 1 aliphatic carbocycles. The molecule has 4 nitrogen and oxygen atoms in total. The van der Waals surface area contributed by atoms with Gasteiger partial charge in [-0.3, -0.25) is 0 Å². The first-order chi connectivity index (χ1) is 14.5. The molecule has 2 aromatic carbocycles. The number of rotatable bonds is 4. The van der Waals surface area contributed by atoms with Gasteiger partial charge in [-0.1, -0.05) is 36.4 Å². The molecule has 2 atom stereocenters. The fourth-order valence-electron chi connectivity index (χ4n) is 5.13. The van der Waals surface area contributed by atoms with Crippen LogP contribution in [0, 0.1) is 5.92 Å².